The Hall–Kier alpha value is -2.33. The molecular formula is C24H32FN3O4S. The van der Waals surface area contributed by atoms with E-state index in [1.165, 1.54) is 26.2 Å². The summed E-state index contributed by atoms with van der Waals surface area (Å²) >= 11 is 0. The summed E-state index contributed by atoms with van der Waals surface area (Å²) in [6.45, 7) is 6.07. The van der Waals surface area contributed by atoms with E-state index in [0.29, 0.717) is 6.42 Å². The Morgan fingerprint density at radius 1 is 1.12 bits per heavy atom. The van der Waals surface area contributed by atoms with Crippen molar-refractivity contribution in [1.29, 1.82) is 0 Å². The molecule has 2 aromatic carbocycles. The molecule has 0 bridgehead atoms. The number of nitrogens with zero attached hydrogens (tertiary/aromatic N) is 2. The first-order valence-corrected chi connectivity index (χ1v) is 12.7. The molecule has 33 heavy (non-hydrogen) atoms. The molecule has 1 saturated heterocycles. The van der Waals surface area contributed by atoms with Crippen molar-refractivity contribution in [3.63, 3.8) is 0 Å². The molecule has 1 atom stereocenters. The van der Waals surface area contributed by atoms with Gasteiger partial charge in [-0.25, -0.2) is 22.3 Å². The number of hydrogen-bond donors (Lipinski definition) is 1. The third kappa shape index (κ3) is 6.83. The number of benzene rings is 2. The van der Waals surface area contributed by atoms with E-state index >= 15 is 0 Å². The summed E-state index contributed by atoms with van der Waals surface area (Å²) in [6.07, 6.45) is 0.607. The summed E-state index contributed by atoms with van der Waals surface area (Å²) in [4.78, 5) is 16.4. The minimum atomic E-state index is -3.85. The van der Waals surface area contributed by atoms with Crippen LogP contribution in [0.25, 0.3) is 0 Å². The van der Waals surface area contributed by atoms with E-state index < -0.39 is 33.6 Å². The average Bonchev–Trinajstić information content (AvgIpc) is 2.81. The quantitative estimate of drug-likeness (QED) is 0.560. The van der Waals surface area contributed by atoms with E-state index in [2.05, 4.69) is 26.3 Å². The molecule has 1 unspecified atom stereocenters. The van der Waals surface area contributed by atoms with Crippen LogP contribution in [0.3, 0.4) is 0 Å². The second-order valence-corrected chi connectivity index (χ2v) is 10.2. The highest BCUT2D eigenvalue weighted by atomic mass is 32.2. The normalized spacial score (nSPS) is 16.5. The van der Waals surface area contributed by atoms with Crippen LogP contribution in [0.2, 0.25) is 0 Å². The fraction of sp³-hybridized carbons (Fsp3) is 0.458. The maximum absolute atomic E-state index is 14.9. The molecule has 1 aliphatic rings. The maximum atomic E-state index is 14.9. The van der Waals surface area contributed by atoms with Crippen molar-refractivity contribution >= 4 is 16.0 Å². The van der Waals surface area contributed by atoms with Gasteiger partial charge in [0.25, 0.3) is 0 Å². The molecule has 1 N–H and O–H groups in total. The lowest BCUT2D eigenvalue weighted by Crippen LogP contribution is -2.45. The number of likely N-dealkylation sites (N-methyl/N-ethyl adjacent to an activating group) is 1. The zero-order valence-electron chi connectivity index (χ0n) is 19.4. The van der Waals surface area contributed by atoms with Gasteiger partial charge in [0.15, 0.2) is 0 Å². The summed E-state index contributed by atoms with van der Waals surface area (Å²) in [5.74, 6) is -1.89. The lowest BCUT2D eigenvalue weighted by Gasteiger charge is -2.33. The molecule has 1 aliphatic heterocycles. The van der Waals surface area contributed by atoms with Gasteiger partial charge >= 0.3 is 5.97 Å². The minimum absolute atomic E-state index is 0.0125. The van der Waals surface area contributed by atoms with E-state index in [1.54, 1.807) is 0 Å². The van der Waals surface area contributed by atoms with Crippen molar-refractivity contribution in [2.24, 2.45) is 0 Å². The van der Waals surface area contributed by atoms with Crippen molar-refractivity contribution in [2.45, 2.75) is 25.1 Å². The number of nitrogens with one attached hydrogen (secondary N) is 1. The van der Waals surface area contributed by atoms with Gasteiger partial charge in [-0.15, -0.1) is 0 Å². The van der Waals surface area contributed by atoms with Crippen LogP contribution in [0.4, 0.5) is 4.39 Å². The van der Waals surface area contributed by atoms with Gasteiger partial charge in [-0.1, -0.05) is 36.4 Å². The Morgan fingerprint density at radius 2 is 1.79 bits per heavy atom. The number of esters is 1. The van der Waals surface area contributed by atoms with Crippen LogP contribution < -0.4 is 4.72 Å². The van der Waals surface area contributed by atoms with Crippen molar-refractivity contribution in [1.82, 2.24) is 14.5 Å². The molecule has 9 heteroatoms. The number of carbonyl (C=O) groups excluding carboxylic acids is 1. The molecule has 0 radical (unpaired) electrons. The van der Waals surface area contributed by atoms with Crippen LogP contribution in [0.1, 0.15) is 39.5 Å². The van der Waals surface area contributed by atoms with Gasteiger partial charge in [-0.3, -0.25) is 0 Å². The second kappa shape index (κ2) is 11.2. The Bertz CT molecular complexity index is 1050. The smallest absolute Gasteiger partial charge is 0.338 e. The van der Waals surface area contributed by atoms with Crippen LogP contribution in [0, 0.1) is 12.7 Å². The van der Waals surface area contributed by atoms with Crippen LogP contribution in [0.5, 0.6) is 0 Å². The van der Waals surface area contributed by atoms with Gasteiger partial charge < -0.3 is 14.5 Å². The predicted octanol–water partition coefficient (Wildman–Crippen LogP) is 2.72. The SMILES string of the molecule is COC(=O)c1ccc(CS(=O)(=O)NC(CCN2CCN(C)CC2)c2ccccc2)c(F)c1C. The summed E-state index contributed by atoms with van der Waals surface area (Å²) in [5, 5.41) is 0. The second-order valence-electron chi connectivity index (χ2n) is 8.48. The number of piperazine rings is 1. The zero-order valence-corrected chi connectivity index (χ0v) is 20.2. The van der Waals surface area contributed by atoms with Crippen molar-refractivity contribution < 1.29 is 22.3 Å². The molecule has 3 rings (SSSR count). The molecule has 0 saturated carbocycles. The van der Waals surface area contributed by atoms with Gasteiger partial charge in [0.2, 0.25) is 10.0 Å². The first-order chi connectivity index (χ1) is 15.7. The van der Waals surface area contributed by atoms with E-state index in [4.69, 9.17) is 0 Å². The van der Waals surface area contributed by atoms with Crippen molar-refractivity contribution in [3.05, 3.63) is 70.5 Å². The highest BCUT2D eigenvalue weighted by Crippen LogP contribution is 2.23. The number of hydrogen-bond acceptors (Lipinski definition) is 6. The number of methoxy groups -OCH3 is 1. The number of ether oxygens (including phenoxy) is 1. The Balaban J connectivity index is 1.74. The molecule has 2 aromatic rings. The van der Waals surface area contributed by atoms with Crippen LogP contribution in [-0.4, -0.2) is 71.1 Å². The third-order valence-electron chi connectivity index (χ3n) is 6.07. The standard InChI is InChI=1S/C24H32FN3O4S/c1-18-21(24(29)32-3)10-9-20(23(18)25)17-33(30,31)26-22(19-7-5-4-6-8-19)11-12-28-15-13-27(2)14-16-28/h4-10,22,26H,11-17H2,1-3H3. The van der Waals surface area contributed by atoms with E-state index in [9.17, 15) is 17.6 Å². The van der Waals surface area contributed by atoms with Gasteiger partial charge in [0, 0.05) is 44.3 Å². The largest absolute Gasteiger partial charge is 0.465 e. The fourth-order valence-corrected chi connectivity index (χ4v) is 5.41. The number of halogens is 1. The van der Waals surface area contributed by atoms with Gasteiger partial charge in [-0.2, -0.15) is 0 Å². The zero-order chi connectivity index (χ0) is 24.0. The molecule has 0 aromatic heterocycles. The highest BCUT2D eigenvalue weighted by molar-refractivity contribution is 7.88. The Morgan fingerprint density at radius 3 is 2.42 bits per heavy atom. The first-order valence-electron chi connectivity index (χ1n) is 11.0. The van der Waals surface area contributed by atoms with Gasteiger partial charge in [-0.05, 0) is 37.6 Å². The van der Waals surface area contributed by atoms with Gasteiger partial charge in [0.05, 0.1) is 18.4 Å². The van der Waals surface area contributed by atoms with Crippen LogP contribution in [0.15, 0.2) is 42.5 Å². The Labute approximate surface area is 195 Å². The van der Waals surface area contributed by atoms with Gasteiger partial charge in [0.1, 0.15) is 5.82 Å². The van der Waals surface area contributed by atoms with Crippen molar-refractivity contribution in [3.8, 4) is 0 Å². The molecule has 7 nitrogen and oxygen atoms in total. The molecule has 180 valence electrons. The summed E-state index contributed by atoms with van der Waals surface area (Å²) in [6, 6.07) is 11.7. The van der Waals surface area contributed by atoms with E-state index in [1.807, 2.05) is 30.3 Å². The van der Waals surface area contributed by atoms with Crippen LogP contribution >= 0.6 is 0 Å². The molecule has 1 fully saturated rings. The summed E-state index contributed by atoms with van der Waals surface area (Å²) in [5.41, 5.74) is 1.04. The summed E-state index contributed by atoms with van der Waals surface area (Å²) in [7, 11) is -0.544. The molecular weight excluding hydrogens is 445 g/mol. The minimum Gasteiger partial charge on any atom is -0.465 e. The molecule has 0 aliphatic carbocycles. The third-order valence-corrected chi connectivity index (χ3v) is 7.41. The molecule has 1 heterocycles. The highest BCUT2D eigenvalue weighted by Gasteiger charge is 2.24. The Kier molecular flexibility index (Phi) is 8.58. The lowest BCUT2D eigenvalue weighted by atomic mass is 10.0. The molecule has 0 amide bonds. The van der Waals surface area contributed by atoms with E-state index in [0.717, 1.165) is 38.3 Å². The maximum Gasteiger partial charge on any atom is 0.338 e. The fourth-order valence-electron chi connectivity index (χ4n) is 4.01. The van der Waals surface area contributed by atoms with Crippen LogP contribution in [-0.2, 0) is 20.5 Å². The topological polar surface area (TPSA) is 78.9 Å². The summed E-state index contributed by atoms with van der Waals surface area (Å²) < 4.78 is 48.3. The number of carbonyl (C=O) groups is 1. The van der Waals surface area contributed by atoms with E-state index in [-0.39, 0.29) is 16.7 Å². The first kappa shape index (κ1) is 25.3. The monoisotopic (exact) mass is 477 g/mol. The predicted molar refractivity (Wildman–Crippen MR) is 126 cm³/mol. The number of rotatable bonds is 9. The average molecular weight is 478 g/mol. The number of sulfonamides is 1. The van der Waals surface area contributed by atoms with Crippen molar-refractivity contribution in [2.75, 3.05) is 46.9 Å². The molecule has 0 spiro atoms. The lowest BCUT2D eigenvalue weighted by molar-refractivity contribution is 0.0599.